The van der Waals surface area contributed by atoms with Gasteiger partial charge in [0, 0.05) is 5.69 Å². The molecule has 0 saturated carbocycles. The number of rotatable bonds is 4. The lowest BCUT2D eigenvalue weighted by atomic mass is 10.1. The third-order valence-corrected chi connectivity index (χ3v) is 3.31. The van der Waals surface area contributed by atoms with E-state index in [1.54, 1.807) is 17.0 Å². The second-order valence-electron chi connectivity index (χ2n) is 4.70. The highest BCUT2D eigenvalue weighted by Crippen LogP contribution is 2.28. The normalized spacial score (nSPS) is 10.1. The molecule has 0 unspecified atom stereocenters. The van der Waals surface area contributed by atoms with E-state index >= 15 is 0 Å². The molecule has 0 atom stereocenters. The summed E-state index contributed by atoms with van der Waals surface area (Å²) >= 11 is 5.15. The number of thiocarbonyl (C=S) groups is 1. The Bertz CT molecular complexity index is 668. The topological polar surface area (TPSA) is 66.6 Å². The van der Waals surface area contributed by atoms with Crippen molar-refractivity contribution < 1.29 is 9.90 Å². The van der Waals surface area contributed by atoms with Crippen molar-refractivity contribution in [3.05, 3.63) is 59.7 Å². The van der Waals surface area contributed by atoms with Crippen LogP contribution in [0.25, 0.3) is 0 Å². The van der Waals surface area contributed by atoms with Crippen LogP contribution in [0.1, 0.15) is 11.1 Å². The summed E-state index contributed by atoms with van der Waals surface area (Å²) in [7, 11) is 0. The van der Waals surface area contributed by atoms with Gasteiger partial charge in [-0.3, -0.25) is 9.69 Å². The number of carboxylic acids is 1. The minimum Gasteiger partial charge on any atom is -0.481 e. The number of nitrogens with zero attached hydrogens (tertiary/aromatic N) is 1. The zero-order valence-corrected chi connectivity index (χ0v) is 12.4. The second-order valence-corrected chi connectivity index (χ2v) is 5.12. The van der Waals surface area contributed by atoms with Crippen LogP contribution in [0, 0.1) is 6.92 Å². The zero-order chi connectivity index (χ0) is 15.4. The van der Waals surface area contributed by atoms with E-state index in [4.69, 9.17) is 23.1 Å². The second kappa shape index (κ2) is 6.37. The standard InChI is InChI=1S/C16H16N2O2S/c1-11-4-2-3-5-14(11)18(16(17)21)13-8-6-12(7-9-13)10-15(19)20/h2-9H,10H2,1H3,(H2,17,21)(H,19,20). The SMILES string of the molecule is Cc1ccccc1N(C(N)=S)c1ccc(CC(=O)O)cc1. The molecule has 0 radical (unpaired) electrons. The predicted octanol–water partition coefficient (Wildman–Crippen LogP) is 3.00. The summed E-state index contributed by atoms with van der Waals surface area (Å²) in [6.07, 6.45) is -0.00227. The van der Waals surface area contributed by atoms with Crippen molar-refractivity contribution in [1.82, 2.24) is 0 Å². The Morgan fingerprint density at radius 2 is 1.81 bits per heavy atom. The quantitative estimate of drug-likeness (QED) is 0.850. The summed E-state index contributed by atoms with van der Waals surface area (Å²) in [6, 6.07) is 15.0. The molecule has 21 heavy (non-hydrogen) atoms. The van der Waals surface area contributed by atoms with Crippen LogP contribution in [0.4, 0.5) is 11.4 Å². The summed E-state index contributed by atoms with van der Waals surface area (Å²) in [5.74, 6) is -0.854. The third-order valence-electron chi connectivity index (χ3n) is 3.13. The number of benzene rings is 2. The van der Waals surface area contributed by atoms with Crippen LogP contribution >= 0.6 is 12.2 Å². The van der Waals surface area contributed by atoms with Crippen LogP contribution in [0.2, 0.25) is 0 Å². The Kier molecular flexibility index (Phi) is 4.55. The number of hydrogen-bond donors (Lipinski definition) is 2. The van der Waals surface area contributed by atoms with Crippen LogP contribution in [0.15, 0.2) is 48.5 Å². The molecule has 0 heterocycles. The Morgan fingerprint density at radius 3 is 2.33 bits per heavy atom. The molecule has 5 heteroatoms. The van der Waals surface area contributed by atoms with Gasteiger partial charge in [-0.25, -0.2) is 0 Å². The average Bonchev–Trinajstić information content (AvgIpc) is 2.42. The van der Waals surface area contributed by atoms with E-state index in [0.29, 0.717) is 0 Å². The lowest BCUT2D eigenvalue weighted by molar-refractivity contribution is -0.136. The molecule has 0 amide bonds. The Hall–Kier alpha value is -2.40. The highest BCUT2D eigenvalue weighted by Gasteiger charge is 2.14. The number of carbonyl (C=O) groups is 1. The fourth-order valence-electron chi connectivity index (χ4n) is 2.14. The summed E-state index contributed by atoms with van der Waals surface area (Å²) in [5, 5.41) is 9.04. The van der Waals surface area contributed by atoms with Crippen molar-refractivity contribution in [3.63, 3.8) is 0 Å². The Balaban J connectivity index is 2.38. The Labute approximate surface area is 128 Å². The molecule has 3 N–H and O–H groups in total. The van der Waals surface area contributed by atoms with Gasteiger partial charge in [0.25, 0.3) is 0 Å². The van der Waals surface area contributed by atoms with Crippen LogP contribution in [0.3, 0.4) is 0 Å². The molecule has 0 bridgehead atoms. The largest absolute Gasteiger partial charge is 0.481 e. The molecule has 0 aliphatic heterocycles. The molecule has 2 aromatic rings. The fourth-order valence-corrected chi connectivity index (χ4v) is 2.34. The maximum Gasteiger partial charge on any atom is 0.307 e. The van der Waals surface area contributed by atoms with E-state index < -0.39 is 5.97 Å². The highest BCUT2D eigenvalue weighted by atomic mass is 32.1. The van der Waals surface area contributed by atoms with Crippen molar-refractivity contribution in [2.75, 3.05) is 4.90 Å². The number of aliphatic carboxylic acids is 1. The van der Waals surface area contributed by atoms with E-state index in [-0.39, 0.29) is 11.5 Å². The maximum atomic E-state index is 10.7. The first-order valence-electron chi connectivity index (χ1n) is 6.45. The van der Waals surface area contributed by atoms with Crippen molar-refractivity contribution in [1.29, 1.82) is 0 Å². The monoisotopic (exact) mass is 300 g/mol. The Morgan fingerprint density at radius 1 is 1.19 bits per heavy atom. The van der Waals surface area contributed by atoms with Gasteiger partial charge in [-0.2, -0.15) is 0 Å². The van der Waals surface area contributed by atoms with Gasteiger partial charge in [0.1, 0.15) is 0 Å². The fraction of sp³-hybridized carbons (Fsp3) is 0.125. The lowest BCUT2D eigenvalue weighted by Gasteiger charge is -2.25. The first-order valence-corrected chi connectivity index (χ1v) is 6.86. The van der Waals surface area contributed by atoms with Crippen molar-refractivity contribution in [2.24, 2.45) is 5.73 Å². The van der Waals surface area contributed by atoms with Crippen LogP contribution in [-0.2, 0) is 11.2 Å². The molecule has 0 aliphatic rings. The van der Waals surface area contributed by atoms with Crippen LogP contribution in [-0.4, -0.2) is 16.2 Å². The van der Waals surface area contributed by atoms with Gasteiger partial charge < -0.3 is 10.8 Å². The molecule has 2 aromatic carbocycles. The van der Waals surface area contributed by atoms with E-state index in [1.807, 2.05) is 43.3 Å². The van der Waals surface area contributed by atoms with Gasteiger partial charge in [0.15, 0.2) is 5.11 Å². The molecule has 0 saturated heterocycles. The number of hydrogen-bond acceptors (Lipinski definition) is 2. The average molecular weight is 300 g/mol. The van der Waals surface area contributed by atoms with Crippen molar-refractivity contribution in [3.8, 4) is 0 Å². The van der Waals surface area contributed by atoms with Gasteiger partial charge in [-0.15, -0.1) is 0 Å². The van der Waals surface area contributed by atoms with Gasteiger partial charge in [0.2, 0.25) is 0 Å². The first kappa shape index (κ1) is 15.0. The summed E-state index contributed by atoms with van der Waals surface area (Å²) in [4.78, 5) is 12.5. The van der Waals surface area contributed by atoms with Crippen LogP contribution < -0.4 is 10.6 Å². The van der Waals surface area contributed by atoms with Crippen molar-refractivity contribution >= 4 is 34.7 Å². The minimum absolute atomic E-state index is 0.00227. The third kappa shape index (κ3) is 3.58. The number of carboxylic acid groups (broad SMARTS) is 1. The summed E-state index contributed by atoms with van der Waals surface area (Å²) in [5.41, 5.74) is 9.37. The van der Waals surface area contributed by atoms with Gasteiger partial charge in [0.05, 0.1) is 12.1 Å². The van der Waals surface area contributed by atoms with E-state index in [0.717, 1.165) is 22.5 Å². The summed E-state index contributed by atoms with van der Waals surface area (Å²) < 4.78 is 0. The number of para-hydroxylation sites is 1. The van der Waals surface area contributed by atoms with E-state index in [2.05, 4.69) is 0 Å². The molecule has 0 aromatic heterocycles. The smallest absolute Gasteiger partial charge is 0.307 e. The molecular weight excluding hydrogens is 284 g/mol. The molecular formula is C16H16N2O2S. The minimum atomic E-state index is -0.854. The molecule has 0 fully saturated rings. The summed E-state index contributed by atoms with van der Waals surface area (Å²) in [6.45, 7) is 1.99. The number of aryl methyl sites for hydroxylation is 1. The van der Waals surface area contributed by atoms with E-state index in [9.17, 15) is 4.79 Å². The predicted molar refractivity (Wildman–Crippen MR) is 87.9 cm³/mol. The van der Waals surface area contributed by atoms with Gasteiger partial charge in [-0.05, 0) is 48.5 Å². The molecule has 2 rings (SSSR count). The number of nitrogens with two attached hydrogens (primary N) is 1. The van der Waals surface area contributed by atoms with E-state index in [1.165, 1.54) is 0 Å². The zero-order valence-electron chi connectivity index (χ0n) is 11.6. The highest BCUT2D eigenvalue weighted by molar-refractivity contribution is 7.80. The van der Waals surface area contributed by atoms with Gasteiger partial charge >= 0.3 is 5.97 Å². The molecule has 0 spiro atoms. The van der Waals surface area contributed by atoms with Crippen molar-refractivity contribution in [2.45, 2.75) is 13.3 Å². The van der Waals surface area contributed by atoms with Gasteiger partial charge in [-0.1, -0.05) is 30.3 Å². The number of anilines is 2. The lowest BCUT2D eigenvalue weighted by Crippen LogP contribution is -2.31. The molecule has 108 valence electrons. The maximum absolute atomic E-state index is 10.7. The molecule has 4 nitrogen and oxygen atoms in total. The van der Waals surface area contributed by atoms with Crippen LogP contribution in [0.5, 0.6) is 0 Å². The molecule has 0 aliphatic carbocycles. The first-order chi connectivity index (χ1) is 9.99.